The molecule has 0 saturated heterocycles. The van der Waals surface area contributed by atoms with Gasteiger partial charge in [-0.15, -0.1) is 0 Å². The Balaban J connectivity index is 1.64. The van der Waals surface area contributed by atoms with Crippen LogP contribution >= 0.6 is 0 Å². The van der Waals surface area contributed by atoms with Gasteiger partial charge in [-0.2, -0.15) is 0 Å². The highest BCUT2D eigenvalue weighted by Gasteiger charge is 2.10. The number of rotatable bonds is 5. The molecule has 0 atom stereocenters. The van der Waals surface area contributed by atoms with Crippen LogP contribution in [0.15, 0.2) is 73.1 Å². The second-order valence-electron chi connectivity index (χ2n) is 6.52. The molecule has 5 nitrogen and oxygen atoms in total. The van der Waals surface area contributed by atoms with E-state index in [4.69, 9.17) is 9.47 Å². The molecule has 1 N–H and O–H groups in total. The molecule has 0 bridgehead atoms. The molecule has 30 heavy (non-hydrogen) atoms. The van der Waals surface area contributed by atoms with Crippen molar-refractivity contribution in [2.45, 2.75) is 13.3 Å². The first-order valence-electron chi connectivity index (χ1n) is 9.68. The monoisotopic (exact) mass is 395 g/mol. The molecule has 0 aliphatic heterocycles. The van der Waals surface area contributed by atoms with Crippen molar-refractivity contribution in [1.82, 2.24) is 9.97 Å². The van der Waals surface area contributed by atoms with Gasteiger partial charge in [0.2, 0.25) is 0 Å². The number of ether oxygens (including phenoxy) is 2. The summed E-state index contributed by atoms with van der Waals surface area (Å²) in [5.74, 6) is 8.97. The van der Waals surface area contributed by atoms with Crippen LogP contribution in [0.4, 0.5) is 11.5 Å². The fourth-order valence-electron chi connectivity index (χ4n) is 3.01. The summed E-state index contributed by atoms with van der Waals surface area (Å²) in [7, 11) is 1.62. The van der Waals surface area contributed by atoms with Crippen LogP contribution in [-0.4, -0.2) is 17.1 Å². The van der Waals surface area contributed by atoms with Gasteiger partial charge in [0.1, 0.15) is 17.9 Å². The van der Waals surface area contributed by atoms with Gasteiger partial charge in [-0.1, -0.05) is 37.0 Å². The molecule has 0 aliphatic carbocycles. The van der Waals surface area contributed by atoms with Gasteiger partial charge in [0, 0.05) is 29.1 Å². The average Bonchev–Trinajstić information content (AvgIpc) is 2.79. The van der Waals surface area contributed by atoms with Crippen molar-refractivity contribution in [3.8, 4) is 29.1 Å². The molecule has 0 fully saturated rings. The number of para-hydroxylation sites is 1. The molecule has 148 valence electrons. The van der Waals surface area contributed by atoms with Gasteiger partial charge in [-0.3, -0.25) is 0 Å². The first-order valence-corrected chi connectivity index (χ1v) is 9.68. The van der Waals surface area contributed by atoms with Crippen LogP contribution in [0.2, 0.25) is 0 Å². The van der Waals surface area contributed by atoms with Crippen molar-refractivity contribution in [3.63, 3.8) is 0 Å². The number of benzene rings is 3. The van der Waals surface area contributed by atoms with E-state index in [0.29, 0.717) is 17.3 Å². The van der Waals surface area contributed by atoms with Crippen molar-refractivity contribution in [1.29, 1.82) is 0 Å². The standard InChI is InChI=1S/C25H21N3O2/c1-3-4-8-18-11-13-22-21(15-18)25(27-17-26-22)28-19-12-14-23(24(16-19)29-2)30-20-9-6-5-7-10-20/h5-7,9-17H,3H2,1-2H3,(H,26,27,28). The molecule has 1 heterocycles. The maximum atomic E-state index is 5.94. The molecule has 0 saturated carbocycles. The van der Waals surface area contributed by atoms with Gasteiger partial charge in [0.15, 0.2) is 11.5 Å². The van der Waals surface area contributed by atoms with E-state index in [9.17, 15) is 0 Å². The normalized spacial score (nSPS) is 10.2. The summed E-state index contributed by atoms with van der Waals surface area (Å²) >= 11 is 0. The predicted octanol–water partition coefficient (Wildman–Crippen LogP) is 5.94. The number of aromatic nitrogens is 2. The molecule has 4 aromatic rings. The zero-order chi connectivity index (χ0) is 20.8. The summed E-state index contributed by atoms with van der Waals surface area (Å²) in [5.41, 5.74) is 2.62. The second kappa shape index (κ2) is 8.97. The van der Waals surface area contributed by atoms with Crippen LogP contribution < -0.4 is 14.8 Å². The van der Waals surface area contributed by atoms with Crippen LogP contribution in [0.1, 0.15) is 18.9 Å². The predicted molar refractivity (Wildman–Crippen MR) is 119 cm³/mol. The molecule has 0 amide bonds. The molecule has 4 rings (SSSR count). The Hall–Kier alpha value is -4.04. The van der Waals surface area contributed by atoms with E-state index in [0.717, 1.165) is 34.3 Å². The van der Waals surface area contributed by atoms with E-state index in [1.165, 1.54) is 0 Å². The van der Waals surface area contributed by atoms with Gasteiger partial charge in [-0.05, 0) is 42.5 Å². The lowest BCUT2D eigenvalue weighted by atomic mass is 10.1. The third kappa shape index (κ3) is 4.34. The number of fused-ring (bicyclic) bond motifs is 1. The zero-order valence-corrected chi connectivity index (χ0v) is 16.8. The minimum Gasteiger partial charge on any atom is -0.493 e. The average molecular weight is 395 g/mol. The highest BCUT2D eigenvalue weighted by Crippen LogP contribution is 2.35. The number of nitrogens with zero attached hydrogens (tertiary/aromatic N) is 2. The molecule has 5 heteroatoms. The molecular weight excluding hydrogens is 374 g/mol. The molecular formula is C25H21N3O2. The molecule has 0 unspecified atom stereocenters. The van der Waals surface area contributed by atoms with Crippen molar-refractivity contribution in [2.75, 3.05) is 12.4 Å². The summed E-state index contributed by atoms with van der Waals surface area (Å²) in [6.45, 7) is 2.03. The lowest BCUT2D eigenvalue weighted by Crippen LogP contribution is -1.98. The maximum absolute atomic E-state index is 5.94. The number of anilines is 2. The van der Waals surface area contributed by atoms with Gasteiger partial charge in [-0.25, -0.2) is 9.97 Å². The second-order valence-corrected chi connectivity index (χ2v) is 6.52. The van der Waals surface area contributed by atoms with Gasteiger partial charge in [0.25, 0.3) is 0 Å². The van der Waals surface area contributed by atoms with Crippen molar-refractivity contribution < 1.29 is 9.47 Å². The Morgan fingerprint density at radius 2 is 1.80 bits per heavy atom. The summed E-state index contributed by atoms with van der Waals surface area (Å²) in [6.07, 6.45) is 2.36. The number of hydrogen-bond acceptors (Lipinski definition) is 5. The fourth-order valence-corrected chi connectivity index (χ4v) is 3.01. The third-order valence-corrected chi connectivity index (χ3v) is 4.44. The van der Waals surface area contributed by atoms with E-state index < -0.39 is 0 Å². The van der Waals surface area contributed by atoms with Crippen LogP contribution in [0.25, 0.3) is 10.9 Å². The lowest BCUT2D eigenvalue weighted by molar-refractivity contribution is 0.379. The number of nitrogens with one attached hydrogen (secondary N) is 1. The van der Waals surface area contributed by atoms with Crippen LogP contribution in [-0.2, 0) is 0 Å². The summed E-state index contributed by atoms with van der Waals surface area (Å²) in [4.78, 5) is 8.78. The van der Waals surface area contributed by atoms with Crippen molar-refractivity contribution >= 4 is 22.4 Å². The van der Waals surface area contributed by atoms with Crippen LogP contribution in [0.5, 0.6) is 17.2 Å². The number of methoxy groups -OCH3 is 1. The topological polar surface area (TPSA) is 56.3 Å². The van der Waals surface area contributed by atoms with E-state index >= 15 is 0 Å². The lowest BCUT2D eigenvalue weighted by Gasteiger charge is -2.13. The molecule has 0 radical (unpaired) electrons. The quantitative estimate of drug-likeness (QED) is 0.424. The minimum atomic E-state index is 0.622. The van der Waals surface area contributed by atoms with Gasteiger partial charge in [0.05, 0.1) is 12.6 Å². The van der Waals surface area contributed by atoms with Crippen molar-refractivity contribution in [2.24, 2.45) is 0 Å². The third-order valence-electron chi connectivity index (χ3n) is 4.44. The minimum absolute atomic E-state index is 0.622. The first-order chi connectivity index (χ1) is 14.8. The molecule has 0 aliphatic rings. The summed E-state index contributed by atoms with van der Waals surface area (Å²) in [5, 5.41) is 4.27. The maximum Gasteiger partial charge on any atom is 0.169 e. The highest BCUT2D eigenvalue weighted by atomic mass is 16.5. The molecule has 1 aromatic heterocycles. The summed E-state index contributed by atoms with van der Waals surface area (Å²) in [6, 6.07) is 21.2. The van der Waals surface area contributed by atoms with Crippen molar-refractivity contribution in [3.05, 3.63) is 78.6 Å². The van der Waals surface area contributed by atoms with Crippen LogP contribution in [0, 0.1) is 11.8 Å². The Labute approximate surface area is 175 Å². The van der Waals surface area contributed by atoms with Gasteiger partial charge >= 0.3 is 0 Å². The van der Waals surface area contributed by atoms with E-state index in [1.54, 1.807) is 13.4 Å². The van der Waals surface area contributed by atoms with E-state index in [1.807, 2.05) is 73.7 Å². The van der Waals surface area contributed by atoms with E-state index in [-0.39, 0.29) is 0 Å². The smallest absolute Gasteiger partial charge is 0.169 e. The fraction of sp³-hybridized carbons (Fsp3) is 0.120. The Bertz CT molecular complexity index is 1230. The molecule has 0 spiro atoms. The van der Waals surface area contributed by atoms with E-state index in [2.05, 4.69) is 27.1 Å². The largest absolute Gasteiger partial charge is 0.493 e. The Kier molecular flexibility index (Phi) is 5.77. The Morgan fingerprint density at radius 1 is 0.933 bits per heavy atom. The van der Waals surface area contributed by atoms with Gasteiger partial charge < -0.3 is 14.8 Å². The molecule has 3 aromatic carbocycles. The first kappa shape index (κ1) is 19.3. The number of hydrogen-bond donors (Lipinski definition) is 1. The SMILES string of the molecule is CCC#Cc1ccc2ncnc(Nc3ccc(Oc4ccccc4)c(OC)c3)c2c1. The highest BCUT2D eigenvalue weighted by molar-refractivity contribution is 5.91. The zero-order valence-electron chi connectivity index (χ0n) is 16.8. The van der Waals surface area contributed by atoms with Crippen LogP contribution in [0.3, 0.4) is 0 Å². The summed E-state index contributed by atoms with van der Waals surface area (Å²) < 4.78 is 11.5. The Morgan fingerprint density at radius 3 is 2.60 bits per heavy atom.